The Labute approximate surface area is 72.3 Å². The third-order valence-corrected chi connectivity index (χ3v) is 0. The van der Waals surface area contributed by atoms with Crippen molar-refractivity contribution in [2.24, 2.45) is 0 Å². The predicted molar refractivity (Wildman–Crippen MR) is 8.50 cm³/mol. The molecule has 0 radical (unpaired) electrons. The van der Waals surface area contributed by atoms with E-state index in [9.17, 15) is 0 Å². The summed E-state index contributed by atoms with van der Waals surface area (Å²) in [4.78, 5) is 0. The number of rotatable bonds is 0. The van der Waals surface area contributed by atoms with Crippen LogP contribution < -0.4 is 0 Å². The van der Waals surface area contributed by atoms with Gasteiger partial charge in [0.2, 0.25) is 0 Å². The van der Waals surface area contributed by atoms with Gasteiger partial charge < -0.3 is 21.9 Å². The van der Waals surface area contributed by atoms with E-state index in [0.29, 0.717) is 0 Å². The van der Waals surface area contributed by atoms with Crippen LogP contribution in [0.25, 0.3) is 0 Å². The van der Waals surface area contributed by atoms with Gasteiger partial charge in [-0.1, -0.05) is 0 Å². The molecule has 0 aliphatic rings. The Morgan fingerprint density at radius 1 is 0.500 bits per heavy atom. The van der Waals surface area contributed by atoms with Crippen molar-refractivity contribution in [3.8, 4) is 0 Å². The summed E-state index contributed by atoms with van der Waals surface area (Å²) in [5, 5.41) is 0. The van der Waals surface area contributed by atoms with Crippen LogP contribution in [0.4, 0.5) is 0 Å². The summed E-state index contributed by atoms with van der Waals surface area (Å²) in [6, 6.07) is 0. The standard InChI is InChI=1S/4O.Si.Th/q4*-2;2*+4. The third kappa shape index (κ3) is 54.1. The zero-order valence-corrected chi connectivity index (χ0v) is 7.74. The van der Waals surface area contributed by atoms with Crippen LogP contribution in [-0.4, -0.2) is 11.0 Å². The molecule has 0 saturated carbocycles. The molecule has 0 atom stereocenters. The molecule has 6 heavy (non-hydrogen) atoms. The quantitative estimate of drug-likeness (QED) is 0.516. The minimum absolute atomic E-state index is 0. The van der Waals surface area contributed by atoms with Gasteiger partial charge in [-0.15, -0.1) is 0 Å². The van der Waals surface area contributed by atoms with E-state index < -0.39 is 0 Å². The van der Waals surface area contributed by atoms with Crippen LogP contribution in [0.3, 0.4) is 0 Å². The first-order valence-electron chi connectivity index (χ1n) is 0. The minimum Gasteiger partial charge on any atom is -2.00 e. The minimum atomic E-state index is 0. The summed E-state index contributed by atoms with van der Waals surface area (Å²) < 4.78 is 0. The topological polar surface area (TPSA) is 114 Å². The van der Waals surface area contributed by atoms with E-state index in [-0.39, 0.29) is 72.8 Å². The van der Waals surface area contributed by atoms with Crippen LogP contribution in [0.5, 0.6) is 0 Å². The molecule has 0 aromatic rings. The van der Waals surface area contributed by atoms with Crippen LogP contribution in [-0.2, 0) is 21.9 Å². The fraction of sp³-hybridized carbons (Fsp3) is 0. The molecule has 0 rings (SSSR count). The maximum Gasteiger partial charge on any atom is 4.00 e. The fourth-order valence-corrected chi connectivity index (χ4v) is 0. The molecule has 0 aromatic carbocycles. The van der Waals surface area contributed by atoms with Crippen molar-refractivity contribution in [1.82, 2.24) is 0 Å². The van der Waals surface area contributed by atoms with Crippen LogP contribution >= 0.6 is 0 Å². The molecule has 0 fully saturated rings. The second kappa shape index (κ2) is 96.8. The second-order valence-corrected chi connectivity index (χ2v) is 0. The maximum atomic E-state index is 0. The van der Waals surface area contributed by atoms with Gasteiger partial charge in [-0.25, -0.2) is 0 Å². The van der Waals surface area contributed by atoms with Gasteiger partial charge in [0, 0.05) is 0 Å². The molecule has 0 heterocycles. The average Bonchev–Trinajstić information content (AvgIpc) is 0. The summed E-state index contributed by atoms with van der Waals surface area (Å²) in [6.07, 6.45) is 0. The Morgan fingerprint density at radius 3 is 0.500 bits per heavy atom. The van der Waals surface area contributed by atoms with E-state index in [2.05, 4.69) is 0 Å². The largest absolute Gasteiger partial charge is 4.00 e. The van der Waals surface area contributed by atoms with Crippen molar-refractivity contribution in [2.75, 3.05) is 0 Å². The van der Waals surface area contributed by atoms with Crippen molar-refractivity contribution in [3.05, 3.63) is 0 Å². The van der Waals surface area contributed by atoms with Gasteiger partial charge in [-0.3, -0.25) is 0 Å². The molecule has 0 bridgehead atoms. The Balaban J connectivity index is 0. The zero-order chi connectivity index (χ0) is 0. The van der Waals surface area contributed by atoms with Gasteiger partial charge in [0.25, 0.3) is 0 Å². The molecule has 0 saturated heterocycles. The third-order valence-electron chi connectivity index (χ3n) is 0. The summed E-state index contributed by atoms with van der Waals surface area (Å²) in [5.41, 5.74) is 0. The van der Waals surface area contributed by atoms with Crippen molar-refractivity contribution in [3.63, 3.8) is 0 Å². The Hall–Kier alpha value is 1.38. The second-order valence-electron chi connectivity index (χ2n) is 0. The van der Waals surface area contributed by atoms with Crippen molar-refractivity contribution in [1.29, 1.82) is 0 Å². The monoisotopic (exact) mass is 324 g/mol. The van der Waals surface area contributed by atoms with Crippen molar-refractivity contribution in [2.45, 2.75) is 0 Å². The summed E-state index contributed by atoms with van der Waals surface area (Å²) in [7, 11) is 0. The van der Waals surface area contributed by atoms with Crippen LogP contribution in [0.15, 0.2) is 0 Å². The van der Waals surface area contributed by atoms with E-state index >= 15 is 0 Å². The first-order valence-corrected chi connectivity index (χ1v) is 0. The molecule has 0 N–H and O–H groups in total. The van der Waals surface area contributed by atoms with E-state index in [1.165, 1.54) is 0 Å². The molecule has 0 spiro atoms. The zero-order valence-electron chi connectivity index (χ0n) is 2.63. The maximum absolute atomic E-state index is 0. The van der Waals surface area contributed by atoms with Gasteiger partial charge in [-0.2, -0.15) is 0 Å². The normalized spacial score (nSPS) is 0. The van der Waals surface area contributed by atoms with Gasteiger partial charge in [0.1, 0.15) is 0 Å². The molecule has 0 aliphatic heterocycles. The number of hydrogen-bond donors (Lipinski definition) is 0. The Bertz CT molecular complexity index is 7.51. The average molecular weight is 324 g/mol. The molecular weight excluding hydrogens is 324 g/mol. The van der Waals surface area contributed by atoms with Gasteiger partial charge in [-0.05, 0) is 0 Å². The van der Waals surface area contributed by atoms with E-state index in [4.69, 9.17) is 0 Å². The summed E-state index contributed by atoms with van der Waals surface area (Å²) >= 11 is 0. The fourth-order valence-electron chi connectivity index (χ4n) is 0. The predicted octanol–water partition coefficient (Wildman–Crippen LogP) is -0.856. The molecule has 0 unspecified atom stereocenters. The summed E-state index contributed by atoms with van der Waals surface area (Å²) in [6.45, 7) is 0. The number of hydrogen-bond acceptors (Lipinski definition) is 0. The van der Waals surface area contributed by atoms with Crippen molar-refractivity contribution < 1.29 is 61.8 Å². The van der Waals surface area contributed by atoms with Crippen LogP contribution in [0.1, 0.15) is 0 Å². The van der Waals surface area contributed by atoms with Gasteiger partial charge in [0.05, 0.1) is 0 Å². The molecule has 0 aromatic heterocycles. The first-order chi connectivity index (χ1) is 0. The molecule has 0 aliphatic carbocycles. The Morgan fingerprint density at radius 2 is 0.500 bits per heavy atom. The SMILES string of the molecule is [O-2].[O-2].[O-2].[O-2].[Si+4].[Th+4]. The van der Waals surface area contributed by atoms with E-state index in [0.717, 1.165) is 0 Å². The van der Waals surface area contributed by atoms with Gasteiger partial charge >= 0.3 is 50.9 Å². The molecule has 4 nitrogen and oxygen atoms in total. The van der Waals surface area contributed by atoms with E-state index in [1.807, 2.05) is 0 Å². The first kappa shape index (κ1) is 157. The molecule has 32 valence electrons. The van der Waals surface area contributed by atoms with Crippen LogP contribution in [0.2, 0.25) is 0 Å². The van der Waals surface area contributed by atoms with Crippen molar-refractivity contribution >= 4 is 11.0 Å². The van der Waals surface area contributed by atoms with Crippen LogP contribution in [0, 0.1) is 39.9 Å². The molecular formula is O4SiTh. The van der Waals surface area contributed by atoms with Gasteiger partial charge in [0.15, 0.2) is 0 Å². The van der Waals surface area contributed by atoms with E-state index in [1.54, 1.807) is 0 Å². The smallest absolute Gasteiger partial charge is 2.00 e. The molecule has 0 amide bonds. The Kier molecular flexibility index (Phi) is 2540. The summed E-state index contributed by atoms with van der Waals surface area (Å²) in [5.74, 6) is 0. The molecule has 6 heteroatoms.